The highest BCUT2D eigenvalue weighted by molar-refractivity contribution is 5.95. The maximum absolute atomic E-state index is 12.7. The summed E-state index contributed by atoms with van der Waals surface area (Å²) in [6.07, 6.45) is 4.31. The lowest BCUT2D eigenvalue weighted by Gasteiger charge is -2.23. The molecular weight excluding hydrogens is 262 g/mol. The molecule has 0 radical (unpaired) electrons. The van der Waals surface area contributed by atoms with E-state index in [1.54, 1.807) is 12.4 Å². The number of rotatable bonds is 6. The van der Waals surface area contributed by atoms with Gasteiger partial charge >= 0.3 is 0 Å². The second-order valence-corrected chi connectivity index (χ2v) is 5.05. The molecule has 110 valence electrons. The molecule has 2 aromatic rings. The zero-order valence-electron chi connectivity index (χ0n) is 12.3. The molecule has 1 aromatic carbocycles. The first-order valence-electron chi connectivity index (χ1n) is 7.16. The van der Waals surface area contributed by atoms with Gasteiger partial charge in [0, 0.05) is 31.0 Å². The lowest BCUT2D eigenvalue weighted by atomic mass is 10.1. The normalized spacial score (nSPS) is 10.4. The van der Waals surface area contributed by atoms with Crippen LogP contribution < -0.4 is 5.73 Å². The first-order valence-corrected chi connectivity index (χ1v) is 7.16. The fourth-order valence-corrected chi connectivity index (χ4v) is 2.23. The third-order valence-electron chi connectivity index (χ3n) is 3.39. The Morgan fingerprint density at radius 3 is 2.71 bits per heavy atom. The lowest BCUT2D eigenvalue weighted by molar-refractivity contribution is 0.0741. The van der Waals surface area contributed by atoms with Gasteiger partial charge in [-0.1, -0.05) is 24.3 Å². The first-order chi connectivity index (χ1) is 10.2. The summed E-state index contributed by atoms with van der Waals surface area (Å²) in [7, 11) is 0. The summed E-state index contributed by atoms with van der Waals surface area (Å²) in [6, 6.07) is 11.5. The molecule has 0 saturated heterocycles. The van der Waals surface area contributed by atoms with E-state index in [-0.39, 0.29) is 5.91 Å². The molecule has 0 spiro atoms. The van der Waals surface area contributed by atoms with Gasteiger partial charge in [0.25, 0.3) is 5.91 Å². The number of carbonyl (C=O) groups is 1. The van der Waals surface area contributed by atoms with E-state index in [0.717, 1.165) is 23.1 Å². The van der Waals surface area contributed by atoms with Gasteiger partial charge in [-0.05, 0) is 43.1 Å². The SMILES string of the molecule is Cc1ccccc1C(=O)N(CCCN)Cc1cccnc1. The average Bonchev–Trinajstić information content (AvgIpc) is 2.52. The van der Waals surface area contributed by atoms with Crippen LogP contribution in [-0.2, 0) is 6.54 Å². The van der Waals surface area contributed by atoms with Crippen LogP contribution in [0.25, 0.3) is 0 Å². The molecule has 1 amide bonds. The second kappa shape index (κ2) is 7.55. The summed E-state index contributed by atoms with van der Waals surface area (Å²) in [5.74, 6) is 0.0467. The van der Waals surface area contributed by atoms with Crippen LogP contribution in [-0.4, -0.2) is 28.9 Å². The van der Waals surface area contributed by atoms with E-state index in [1.807, 2.05) is 48.2 Å². The van der Waals surface area contributed by atoms with E-state index in [2.05, 4.69) is 4.98 Å². The summed E-state index contributed by atoms with van der Waals surface area (Å²) in [6.45, 7) is 3.74. The van der Waals surface area contributed by atoms with Crippen LogP contribution in [0.3, 0.4) is 0 Å². The van der Waals surface area contributed by atoms with Crippen LogP contribution in [0.15, 0.2) is 48.8 Å². The molecule has 0 aliphatic rings. The Morgan fingerprint density at radius 1 is 1.24 bits per heavy atom. The molecule has 4 nitrogen and oxygen atoms in total. The zero-order valence-corrected chi connectivity index (χ0v) is 12.3. The number of hydrogen-bond donors (Lipinski definition) is 1. The largest absolute Gasteiger partial charge is 0.334 e. The Bertz CT molecular complexity index is 584. The molecule has 2 rings (SSSR count). The van der Waals surface area contributed by atoms with Crippen molar-refractivity contribution in [2.45, 2.75) is 19.9 Å². The number of aromatic nitrogens is 1. The fourth-order valence-electron chi connectivity index (χ4n) is 2.23. The number of pyridine rings is 1. The molecule has 0 saturated carbocycles. The van der Waals surface area contributed by atoms with Gasteiger partial charge in [-0.15, -0.1) is 0 Å². The fraction of sp³-hybridized carbons (Fsp3) is 0.294. The van der Waals surface area contributed by atoms with Gasteiger partial charge in [0.1, 0.15) is 0 Å². The van der Waals surface area contributed by atoms with Crippen LogP contribution in [0.5, 0.6) is 0 Å². The third-order valence-corrected chi connectivity index (χ3v) is 3.39. The van der Waals surface area contributed by atoms with Gasteiger partial charge < -0.3 is 10.6 Å². The molecular formula is C17H21N3O. The number of amides is 1. The van der Waals surface area contributed by atoms with E-state index in [9.17, 15) is 4.79 Å². The maximum Gasteiger partial charge on any atom is 0.254 e. The van der Waals surface area contributed by atoms with E-state index in [1.165, 1.54) is 0 Å². The molecule has 21 heavy (non-hydrogen) atoms. The molecule has 4 heteroatoms. The summed E-state index contributed by atoms with van der Waals surface area (Å²) in [4.78, 5) is 18.7. The maximum atomic E-state index is 12.7. The molecule has 2 N–H and O–H groups in total. The van der Waals surface area contributed by atoms with Gasteiger partial charge in [-0.2, -0.15) is 0 Å². The Morgan fingerprint density at radius 2 is 2.05 bits per heavy atom. The van der Waals surface area contributed by atoms with Crippen LogP contribution in [0.2, 0.25) is 0 Å². The molecule has 1 aromatic heterocycles. The summed E-state index contributed by atoms with van der Waals surface area (Å²) in [5, 5.41) is 0. The van der Waals surface area contributed by atoms with Crippen LogP contribution >= 0.6 is 0 Å². The molecule has 0 aliphatic carbocycles. The Kier molecular flexibility index (Phi) is 5.46. The second-order valence-electron chi connectivity index (χ2n) is 5.05. The van der Waals surface area contributed by atoms with Crippen LogP contribution in [0.1, 0.15) is 27.9 Å². The Hall–Kier alpha value is -2.20. The van der Waals surface area contributed by atoms with Crippen LogP contribution in [0, 0.1) is 6.92 Å². The van der Waals surface area contributed by atoms with Gasteiger partial charge in [0.2, 0.25) is 0 Å². The van der Waals surface area contributed by atoms with E-state index in [0.29, 0.717) is 19.6 Å². The number of benzene rings is 1. The standard InChI is InChI=1S/C17H21N3O/c1-14-6-2-3-8-16(14)17(21)20(11-5-9-18)13-15-7-4-10-19-12-15/h2-4,6-8,10,12H,5,9,11,13,18H2,1H3. The van der Waals surface area contributed by atoms with Crippen molar-refractivity contribution in [1.82, 2.24) is 9.88 Å². The third kappa shape index (κ3) is 4.13. The average molecular weight is 283 g/mol. The number of hydrogen-bond acceptors (Lipinski definition) is 3. The van der Waals surface area contributed by atoms with E-state index >= 15 is 0 Å². The van der Waals surface area contributed by atoms with Crippen LogP contribution in [0.4, 0.5) is 0 Å². The number of carbonyl (C=O) groups excluding carboxylic acids is 1. The number of nitrogens with two attached hydrogens (primary N) is 1. The summed E-state index contributed by atoms with van der Waals surface area (Å²) < 4.78 is 0. The van der Waals surface area contributed by atoms with Gasteiger partial charge in [-0.3, -0.25) is 9.78 Å². The van der Waals surface area contributed by atoms with E-state index < -0.39 is 0 Å². The van der Waals surface area contributed by atoms with Gasteiger partial charge in [0.15, 0.2) is 0 Å². The predicted octanol–water partition coefficient (Wildman–Crippen LogP) is 2.38. The lowest BCUT2D eigenvalue weighted by Crippen LogP contribution is -2.33. The zero-order chi connectivity index (χ0) is 15.1. The van der Waals surface area contributed by atoms with Crippen molar-refractivity contribution in [3.8, 4) is 0 Å². The first kappa shape index (κ1) is 15.2. The smallest absolute Gasteiger partial charge is 0.254 e. The molecule has 0 unspecified atom stereocenters. The highest BCUT2D eigenvalue weighted by atomic mass is 16.2. The minimum Gasteiger partial charge on any atom is -0.334 e. The topological polar surface area (TPSA) is 59.2 Å². The highest BCUT2D eigenvalue weighted by Crippen LogP contribution is 2.13. The van der Waals surface area contributed by atoms with Crippen molar-refractivity contribution in [1.29, 1.82) is 0 Å². The summed E-state index contributed by atoms with van der Waals surface area (Å²) in [5.41, 5.74) is 8.35. The van der Waals surface area contributed by atoms with Crippen molar-refractivity contribution < 1.29 is 4.79 Å². The Labute approximate surface area is 125 Å². The highest BCUT2D eigenvalue weighted by Gasteiger charge is 2.17. The monoisotopic (exact) mass is 283 g/mol. The van der Waals surface area contributed by atoms with Gasteiger partial charge in [-0.25, -0.2) is 0 Å². The number of aryl methyl sites for hydroxylation is 1. The van der Waals surface area contributed by atoms with Crippen molar-refractivity contribution in [3.05, 3.63) is 65.5 Å². The quantitative estimate of drug-likeness (QED) is 0.885. The van der Waals surface area contributed by atoms with Crippen molar-refractivity contribution >= 4 is 5.91 Å². The van der Waals surface area contributed by atoms with Crippen molar-refractivity contribution in [2.75, 3.05) is 13.1 Å². The summed E-state index contributed by atoms with van der Waals surface area (Å²) >= 11 is 0. The Balaban J connectivity index is 2.19. The molecule has 0 aliphatic heterocycles. The molecule has 1 heterocycles. The van der Waals surface area contributed by atoms with E-state index in [4.69, 9.17) is 5.73 Å². The minimum absolute atomic E-state index is 0.0467. The molecule has 0 fully saturated rings. The molecule has 0 bridgehead atoms. The van der Waals surface area contributed by atoms with Crippen molar-refractivity contribution in [2.24, 2.45) is 5.73 Å². The number of nitrogens with zero attached hydrogens (tertiary/aromatic N) is 2. The molecule has 0 atom stereocenters. The minimum atomic E-state index is 0.0467. The van der Waals surface area contributed by atoms with Gasteiger partial charge in [0.05, 0.1) is 0 Å². The van der Waals surface area contributed by atoms with Crippen molar-refractivity contribution in [3.63, 3.8) is 0 Å². The predicted molar refractivity (Wildman–Crippen MR) is 83.8 cm³/mol.